The summed E-state index contributed by atoms with van der Waals surface area (Å²) in [4.78, 5) is 13.3. The Balaban J connectivity index is 1.99. The molecule has 1 amide bonds. The van der Waals surface area contributed by atoms with Crippen molar-refractivity contribution in [3.8, 4) is 6.07 Å². The minimum absolute atomic E-state index is 0.0607. The van der Waals surface area contributed by atoms with Gasteiger partial charge in [0.15, 0.2) is 0 Å². The SMILES string of the molecule is C=C(NC(=O)C(C)C1=CCCC=C1)Sc1cc(C#N)ccc1C. The Hall–Kier alpha value is -2.25. The number of aryl methyl sites for hydroxylation is 1. The molecule has 23 heavy (non-hydrogen) atoms. The van der Waals surface area contributed by atoms with Crippen LogP contribution in [0.4, 0.5) is 0 Å². The maximum Gasteiger partial charge on any atom is 0.232 e. The molecule has 118 valence electrons. The largest absolute Gasteiger partial charge is 0.320 e. The van der Waals surface area contributed by atoms with Crippen LogP contribution in [-0.4, -0.2) is 5.91 Å². The number of nitriles is 1. The summed E-state index contributed by atoms with van der Waals surface area (Å²) in [7, 11) is 0. The van der Waals surface area contributed by atoms with E-state index in [0.717, 1.165) is 28.9 Å². The van der Waals surface area contributed by atoms with E-state index in [1.54, 1.807) is 6.07 Å². The molecule has 1 aromatic carbocycles. The fourth-order valence-corrected chi connectivity index (χ4v) is 3.12. The second-order valence-electron chi connectivity index (χ2n) is 5.51. The van der Waals surface area contributed by atoms with Gasteiger partial charge in [-0.25, -0.2) is 0 Å². The molecule has 0 spiro atoms. The zero-order valence-electron chi connectivity index (χ0n) is 13.4. The van der Waals surface area contributed by atoms with Crippen molar-refractivity contribution in [3.05, 3.63) is 64.7 Å². The van der Waals surface area contributed by atoms with Crippen molar-refractivity contribution in [3.63, 3.8) is 0 Å². The minimum Gasteiger partial charge on any atom is -0.320 e. The van der Waals surface area contributed by atoms with Crippen LogP contribution in [0.25, 0.3) is 0 Å². The number of carbonyl (C=O) groups is 1. The summed E-state index contributed by atoms with van der Waals surface area (Å²) in [5.41, 5.74) is 2.70. The third-order valence-corrected chi connectivity index (χ3v) is 4.74. The number of benzene rings is 1. The molecule has 0 saturated carbocycles. The van der Waals surface area contributed by atoms with E-state index >= 15 is 0 Å². The highest BCUT2D eigenvalue weighted by atomic mass is 32.2. The summed E-state index contributed by atoms with van der Waals surface area (Å²) in [6.45, 7) is 7.79. The summed E-state index contributed by atoms with van der Waals surface area (Å²) in [5, 5.41) is 12.4. The van der Waals surface area contributed by atoms with Gasteiger partial charge in [0.25, 0.3) is 0 Å². The number of nitrogens with zero attached hydrogens (tertiary/aromatic N) is 1. The van der Waals surface area contributed by atoms with E-state index in [9.17, 15) is 4.79 Å². The highest BCUT2D eigenvalue weighted by molar-refractivity contribution is 8.03. The Labute approximate surface area is 141 Å². The molecule has 2 rings (SSSR count). The van der Waals surface area contributed by atoms with Gasteiger partial charge < -0.3 is 5.32 Å². The van der Waals surface area contributed by atoms with Crippen LogP contribution in [0.1, 0.15) is 30.9 Å². The Kier molecular flexibility index (Phi) is 5.84. The number of carbonyl (C=O) groups excluding carboxylic acids is 1. The predicted octanol–water partition coefficient (Wildman–Crippen LogP) is 4.46. The zero-order valence-corrected chi connectivity index (χ0v) is 14.2. The molecule has 3 nitrogen and oxygen atoms in total. The Bertz CT molecular complexity index is 725. The highest BCUT2D eigenvalue weighted by Gasteiger charge is 2.18. The molecule has 0 heterocycles. The number of allylic oxidation sites excluding steroid dienone is 3. The quantitative estimate of drug-likeness (QED) is 0.814. The topological polar surface area (TPSA) is 52.9 Å². The van der Waals surface area contributed by atoms with Gasteiger partial charge in [-0.1, -0.05) is 42.6 Å². The smallest absolute Gasteiger partial charge is 0.232 e. The van der Waals surface area contributed by atoms with E-state index < -0.39 is 0 Å². The molecule has 4 heteroatoms. The first kappa shape index (κ1) is 17.1. The maximum atomic E-state index is 12.3. The molecule has 0 aliphatic heterocycles. The number of hydrogen-bond acceptors (Lipinski definition) is 3. The van der Waals surface area contributed by atoms with Crippen molar-refractivity contribution in [2.24, 2.45) is 5.92 Å². The fraction of sp³-hybridized carbons (Fsp3) is 0.263. The number of hydrogen-bond donors (Lipinski definition) is 1. The Morgan fingerprint density at radius 1 is 1.43 bits per heavy atom. The molecule has 1 aliphatic rings. The lowest BCUT2D eigenvalue weighted by Gasteiger charge is -2.17. The molecule has 0 fully saturated rings. The van der Waals surface area contributed by atoms with Gasteiger partial charge in [-0.15, -0.1) is 0 Å². The monoisotopic (exact) mass is 324 g/mol. The van der Waals surface area contributed by atoms with Crippen LogP contribution in [0.2, 0.25) is 0 Å². The Morgan fingerprint density at radius 3 is 2.87 bits per heavy atom. The van der Waals surface area contributed by atoms with Crippen molar-refractivity contribution >= 4 is 17.7 Å². The summed E-state index contributed by atoms with van der Waals surface area (Å²) in [6, 6.07) is 7.62. The van der Waals surface area contributed by atoms with Gasteiger partial charge in [-0.05, 0) is 50.0 Å². The van der Waals surface area contributed by atoms with Crippen LogP contribution >= 0.6 is 11.8 Å². The van der Waals surface area contributed by atoms with Crippen LogP contribution in [0, 0.1) is 24.2 Å². The van der Waals surface area contributed by atoms with Crippen LogP contribution < -0.4 is 5.32 Å². The minimum atomic E-state index is -0.199. The third-order valence-electron chi connectivity index (χ3n) is 3.73. The lowest BCUT2D eigenvalue weighted by molar-refractivity contribution is -0.122. The average molecular weight is 324 g/mol. The van der Waals surface area contributed by atoms with Gasteiger partial charge in [-0.3, -0.25) is 4.79 Å². The molecule has 0 aromatic heterocycles. The lowest BCUT2D eigenvalue weighted by Crippen LogP contribution is -2.28. The number of nitrogens with one attached hydrogen (secondary N) is 1. The molecular weight excluding hydrogens is 304 g/mol. The third kappa shape index (κ3) is 4.61. The maximum absolute atomic E-state index is 12.3. The van der Waals surface area contributed by atoms with E-state index in [-0.39, 0.29) is 11.8 Å². The van der Waals surface area contributed by atoms with E-state index in [4.69, 9.17) is 5.26 Å². The Morgan fingerprint density at radius 2 is 2.22 bits per heavy atom. The van der Waals surface area contributed by atoms with Crippen LogP contribution in [-0.2, 0) is 4.79 Å². The van der Waals surface area contributed by atoms with Gasteiger partial charge in [0.2, 0.25) is 5.91 Å². The van der Waals surface area contributed by atoms with E-state index in [1.807, 2.05) is 32.1 Å². The first-order chi connectivity index (χ1) is 11.0. The number of amides is 1. The molecule has 0 radical (unpaired) electrons. The molecule has 1 atom stereocenters. The van der Waals surface area contributed by atoms with Crippen molar-refractivity contribution < 1.29 is 4.79 Å². The summed E-state index contributed by atoms with van der Waals surface area (Å²) >= 11 is 1.38. The molecular formula is C19H20N2OS. The molecule has 0 saturated heterocycles. The van der Waals surface area contributed by atoms with Crippen LogP contribution in [0.15, 0.2) is 58.5 Å². The van der Waals surface area contributed by atoms with E-state index in [0.29, 0.717) is 10.6 Å². The average Bonchev–Trinajstić information content (AvgIpc) is 2.56. The fourth-order valence-electron chi connectivity index (χ4n) is 2.29. The standard InChI is InChI=1S/C19H20N2OS/c1-13-9-10-16(12-20)11-18(13)23-15(3)21-19(22)14(2)17-7-5-4-6-8-17/h5,7-11,14H,3-4,6H2,1-2H3,(H,21,22). The normalized spacial score (nSPS) is 14.6. The van der Waals surface area contributed by atoms with Gasteiger partial charge >= 0.3 is 0 Å². The summed E-state index contributed by atoms with van der Waals surface area (Å²) in [6.07, 6.45) is 8.25. The van der Waals surface area contributed by atoms with E-state index in [1.165, 1.54) is 11.8 Å². The van der Waals surface area contributed by atoms with E-state index in [2.05, 4.69) is 30.1 Å². The second kappa shape index (κ2) is 7.85. The molecule has 0 bridgehead atoms. The van der Waals surface area contributed by atoms with Crippen molar-refractivity contribution in [2.45, 2.75) is 31.6 Å². The zero-order chi connectivity index (χ0) is 16.8. The molecule has 1 unspecified atom stereocenters. The highest BCUT2D eigenvalue weighted by Crippen LogP contribution is 2.28. The number of thioether (sulfide) groups is 1. The lowest BCUT2D eigenvalue weighted by atomic mass is 9.95. The van der Waals surface area contributed by atoms with Crippen LogP contribution in [0.5, 0.6) is 0 Å². The number of rotatable bonds is 5. The molecule has 1 aromatic rings. The first-order valence-corrected chi connectivity index (χ1v) is 8.38. The van der Waals surface area contributed by atoms with Crippen molar-refractivity contribution in [1.29, 1.82) is 5.26 Å². The first-order valence-electron chi connectivity index (χ1n) is 7.56. The second-order valence-corrected chi connectivity index (χ2v) is 6.65. The van der Waals surface area contributed by atoms with Gasteiger partial charge in [0.1, 0.15) is 0 Å². The van der Waals surface area contributed by atoms with Gasteiger partial charge in [0.05, 0.1) is 22.6 Å². The summed E-state index contributed by atoms with van der Waals surface area (Å²) in [5.74, 6) is -0.259. The summed E-state index contributed by atoms with van der Waals surface area (Å²) < 4.78 is 0. The predicted molar refractivity (Wildman–Crippen MR) is 94.7 cm³/mol. The van der Waals surface area contributed by atoms with Crippen LogP contribution in [0.3, 0.4) is 0 Å². The van der Waals surface area contributed by atoms with Gasteiger partial charge in [0, 0.05) is 4.90 Å². The molecule has 1 aliphatic carbocycles. The molecule has 1 N–H and O–H groups in total. The van der Waals surface area contributed by atoms with Gasteiger partial charge in [-0.2, -0.15) is 5.26 Å². The van der Waals surface area contributed by atoms with Crippen molar-refractivity contribution in [1.82, 2.24) is 5.32 Å². The van der Waals surface area contributed by atoms with Crippen molar-refractivity contribution in [2.75, 3.05) is 0 Å².